The maximum absolute atomic E-state index is 10.8. The molecule has 3 rings (SSSR count). The maximum atomic E-state index is 10.8. The molecule has 1 aliphatic heterocycles. The standard InChI is InChI=1S/C18H21N5O2/c1-2-23-11-13(9-8-12-6-4-3-5-7-12)20-16-14(23)10-15(21-17(16)19)22-18(24)25/h3-7,10H,2,8-9,11H2,1H3,(H,24,25)(H3,19,21,22). The largest absolute Gasteiger partial charge is 0.465 e. The highest BCUT2D eigenvalue weighted by atomic mass is 16.4. The Bertz CT molecular complexity index is 805. The highest BCUT2D eigenvalue weighted by Crippen LogP contribution is 2.38. The molecule has 2 heterocycles. The van der Waals surface area contributed by atoms with Gasteiger partial charge in [-0.15, -0.1) is 0 Å². The first-order valence-electron chi connectivity index (χ1n) is 8.22. The number of hydrogen-bond donors (Lipinski definition) is 3. The van der Waals surface area contributed by atoms with Crippen LogP contribution in [0.15, 0.2) is 41.4 Å². The van der Waals surface area contributed by atoms with E-state index in [1.54, 1.807) is 6.07 Å². The van der Waals surface area contributed by atoms with Crippen LogP contribution in [-0.2, 0) is 6.42 Å². The lowest BCUT2D eigenvalue weighted by atomic mass is 10.1. The Hall–Kier alpha value is -3.09. The molecule has 130 valence electrons. The molecule has 1 aliphatic rings. The van der Waals surface area contributed by atoms with Gasteiger partial charge in [0, 0.05) is 18.3 Å². The molecule has 25 heavy (non-hydrogen) atoms. The zero-order valence-corrected chi connectivity index (χ0v) is 14.1. The van der Waals surface area contributed by atoms with Crippen LogP contribution in [0.5, 0.6) is 0 Å². The van der Waals surface area contributed by atoms with E-state index in [0.717, 1.165) is 30.8 Å². The highest BCUT2D eigenvalue weighted by molar-refractivity contribution is 5.99. The summed E-state index contributed by atoms with van der Waals surface area (Å²) in [6, 6.07) is 12.0. The summed E-state index contributed by atoms with van der Waals surface area (Å²) in [6.45, 7) is 3.52. The summed E-state index contributed by atoms with van der Waals surface area (Å²) in [6.07, 6.45) is 0.588. The first kappa shape index (κ1) is 16.8. The molecule has 0 fully saturated rings. The minimum Gasteiger partial charge on any atom is -0.465 e. The number of nitrogens with zero attached hydrogens (tertiary/aromatic N) is 3. The van der Waals surface area contributed by atoms with Crippen LogP contribution < -0.4 is 16.0 Å². The molecule has 0 saturated heterocycles. The summed E-state index contributed by atoms with van der Waals surface area (Å²) in [5.74, 6) is 0.446. The topological polar surface area (TPSA) is 104 Å². The van der Waals surface area contributed by atoms with Crippen molar-refractivity contribution in [2.45, 2.75) is 19.8 Å². The van der Waals surface area contributed by atoms with Crippen LogP contribution in [0, 0.1) is 0 Å². The molecule has 0 aliphatic carbocycles. The van der Waals surface area contributed by atoms with E-state index in [4.69, 9.17) is 15.8 Å². The van der Waals surface area contributed by atoms with Gasteiger partial charge in [-0.05, 0) is 25.3 Å². The van der Waals surface area contributed by atoms with Gasteiger partial charge >= 0.3 is 6.09 Å². The van der Waals surface area contributed by atoms with Gasteiger partial charge in [0.15, 0.2) is 5.82 Å². The normalized spacial score (nSPS) is 13.2. The molecule has 0 unspecified atom stereocenters. The molecule has 0 bridgehead atoms. The van der Waals surface area contributed by atoms with Crippen LogP contribution in [0.2, 0.25) is 0 Å². The number of fused-ring (bicyclic) bond motifs is 1. The third kappa shape index (κ3) is 3.88. The minimum atomic E-state index is -1.17. The first-order chi connectivity index (χ1) is 12.1. The van der Waals surface area contributed by atoms with Gasteiger partial charge in [-0.1, -0.05) is 30.3 Å². The number of nitrogens with one attached hydrogen (secondary N) is 1. The molecule has 0 spiro atoms. The van der Waals surface area contributed by atoms with Crippen molar-refractivity contribution in [1.29, 1.82) is 0 Å². The average Bonchev–Trinajstić information content (AvgIpc) is 2.60. The molecule has 7 nitrogen and oxygen atoms in total. The van der Waals surface area contributed by atoms with E-state index in [1.807, 2.05) is 25.1 Å². The van der Waals surface area contributed by atoms with E-state index < -0.39 is 6.09 Å². The monoisotopic (exact) mass is 339 g/mol. The zero-order chi connectivity index (χ0) is 17.8. The number of carbonyl (C=O) groups is 1. The first-order valence-corrected chi connectivity index (χ1v) is 8.22. The number of carboxylic acid groups (broad SMARTS) is 1. The second-order valence-corrected chi connectivity index (χ2v) is 5.87. The van der Waals surface area contributed by atoms with Crippen molar-refractivity contribution in [2.24, 2.45) is 4.99 Å². The van der Waals surface area contributed by atoms with E-state index in [0.29, 0.717) is 12.2 Å². The van der Waals surface area contributed by atoms with Crippen LogP contribution in [-0.4, -0.2) is 35.0 Å². The van der Waals surface area contributed by atoms with E-state index in [2.05, 4.69) is 27.3 Å². The smallest absolute Gasteiger partial charge is 0.410 e. The second kappa shape index (κ2) is 7.21. The molecule has 2 aromatic rings. The van der Waals surface area contributed by atoms with Crippen molar-refractivity contribution in [3.8, 4) is 0 Å². The molecule has 7 heteroatoms. The fraction of sp³-hybridized carbons (Fsp3) is 0.278. The lowest BCUT2D eigenvalue weighted by Crippen LogP contribution is -2.33. The third-order valence-corrected chi connectivity index (χ3v) is 4.15. The molecular weight excluding hydrogens is 318 g/mol. The second-order valence-electron chi connectivity index (χ2n) is 5.87. The Morgan fingerprint density at radius 3 is 2.76 bits per heavy atom. The van der Waals surface area contributed by atoms with Crippen molar-refractivity contribution >= 4 is 34.8 Å². The predicted octanol–water partition coefficient (Wildman–Crippen LogP) is 3.30. The molecule has 1 aromatic heterocycles. The third-order valence-electron chi connectivity index (χ3n) is 4.15. The Kier molecular flexibility index (Phi) is 4.83. The van der Waals surface area contributed by atoms with Gasteiger partial charge in [0.2, 0.25) is 0 Å². The molecule has 1 amide bonds. The van der Waals surface area contributed by atoms with Crippen LogP contribution >= 0.6 is 0 Å². The van der Waals surface area contributed by atoms with Gasteiger partial charge in [-0.2, -0.15) is 0 Å². The molecule has 1 aromatic carbocycles. The molecule has 4 N–H and O–H groups in total. The predicted molar refractivity (Wildman–Crippen MR) is 100 cm³/mol. The SMILES string of the molecule is CCN1CC(CCc2ccccc2)=Nc2c1cc(NC(=O)O)nc2N. The number of aliphatic imine (C=N–C) groups is 1. The van der Waals surface area contributed by atoms with Gasteiger partial charge < -0.3 is 15.7 Å². The number of benzene rings is 1. The number of hydrogen-bond acceptors (Lipinski definition) is 5. The summed E-state index contributed by atoms with van der Waals surface area (Å²) in [7, 11) is 0. The van der Waals surface area contributed by atoms with E-state index in [1.165, 1.54) is 5.56 Å². The van der Waals surface area contributed by atoms with Crippen LogP contribution in [0.4, 0.5) is 27.8 Å². The van der Waals surface area contributed by atoms with E-state index >= 15 is 0 Å². The summed E-state index contributed by atoms with van der Waals surface area (Å²) < 4.78 is 0. The summed E-state index contributed by atoms with van der Waals surface area (Å²) >= 11 is 0. The Morgan fingerprint density at radius 2 is 2.08 bits per heavy atom. The van der Waals surface area contributed by atoms with Crippen LogP contribution in [0.3, 0.4) is 0 Å². The number of pyridine rings is 1. The van der Waals surface area contributed by atoms with Gasteiger partial charge in [-0.25, -0.2) is 14.8 Å². The minimum absolute atomic E-state index is 0.213. The lowest BCUT2D eigenvalue weighted by Gasteiger charge is -2.30. The van der Waals surface area contributed by atoms with Crippen molar-refractivity contribution in [3.05, 3.63) is 42.0 Å². The van der Waals surface area contributed by atoms with Gasteiger partial charge in [0.1, 0.15) is 11.5 Å². The number of aryl methyl sites for hydroxylation is 1. The van der Waals surface area contributed by atoms with Crippen molar-refractivity contribution in [2.75, 3.05) is 29.0 Å². The van der Waals surface area contributed by atoms with E-state index in [9.17, 15) is 4.79 Å². The van der Waals surface area contributed by atoms with Crippen LogP contribution in [0.1, 0.15) is 18.9 Å². The summed E-state index contributed by atoms with van der Waals surface area (Å²) in [5.41, 5.74) is 9.77. The van der Waals surface area contributed by atoms with Gasteiger partial charge in [0.05, 0.1) is 12.2 Å². The van der Waals surface area contributed by atoms with Crippen LogP contribution in [0.25, 0.3) is 0 Å². The van der Waals surface area contributed by atoms with Crippen molar-refractivity contribution in [1.82, 2.24) is 4.98 Å². The number of nitrogens with two attached hydrogens (primary N) is 1. The molecule has 0 radical (unpaired) electrons. The Morgan fingerprint density at radius 1 is 1.32 bits per heavy atom. The summed E-state index contributed by atoms with van der Waals surface area (Å²) in [5, 5.41) is 11.1. The van der Waals surface area contributed by atoms with Crippen molar-refractivity contribution in [3.63, 3.8) is 0 Å². The van der Waals surface area contributed by atoms with Crippen molar-refractivity contribution < 1.29 is 9.90 Å². The highest BCUT2D eigenvalue weighted by Gasteiger charge is 2.22. The number of anilines is 3. The number of rotatable bonds is 5. The molecular formula is C18H21N5O2. The maximum Gasteiger partial charge on any atom is 0.410 e. The fourth-order valence-electron chi connectivity index (χ4n) is 2.92. The van der Waals surface area contributed by atoms with E-state index in [-0.39, 0.29) is 11.6 Å². The quantitative estimate of drug-likeness (QED) is 0.775. The number of aromatic nitrogens is 1. The number of nitrogen functional groups attached to an aromatic ring is 1. The molecule has 0 atom stereocenters. The summed E-state index contributed by atoms with van der Waals surface area (Å²) in [4.78, 5) is 21.8. The fourth-order valence-corrected chi connectivity index (χ4v) is 2.92. The zero-order valence-electron chi connectivity index (χ0n) is 14.1. The Labute approximate surface area is 146 Å². The molecule has 0 saturated carbocycles. The Balaban J connectivity index is 1.86. The average molecular weight is 339 g/mol. The van der Waals surface area contributed by atoms with Gasteiger partial charge in [0.25, 0.3) is 0 Å². The lowest BCUT2D eigenvalue weighted by molar-refractivity contribution is 0.209. The number of amides is 1. The van der Waals surface area contributed by atoms with Gasteiger partial charge in [-0.3, -0.25) is 5.32 Å².